The number of benzene rings is 1. The minimum atomic E-state index is 0.669. The summed E-state index contributed by atoms with van der Waals surface area (Å²) in [7, 11) is 0. The highest BCUT2D eigenvalue weighted by Crippen LogP contribution is 2.19. The van der Waals surface area contributed by atoms with Crippen molar-refractivity contribution in [1.29, 1.82) is 0 Å². The third-order valence-electron chi connectivity index (χ3n) is 5.54. The van der Waals surface area contributed by atoms with Gasteiger partial charge in [0.1, 0.15) is 5.76 Å². The summed E-state index contributed by atoms with van der Waals surface area (Å²) >= 11 is 0. The number of likely N-dealkylation sites (tertiary alicyclic amines) is 1. The van der Waals surface area contributed by atoms with E-state index in [1.807, 2.05) is 13.8 Å². The van der Waals surface area contributed by atoms with Gasteiger partial charge in [0.2, 0.25) is 5.89 Å². The number of oxazole rings is 1. The first kappa shape index (κ1) is 21.4. The lowest BCUT2D eigenvalue weighted by molar-refractivity contribution is 0.164. The van der Waals surface area contributed by atoms with Crippen LogP contribution in [-0.4, -0.2) is 42.0 Å². The Morgan fingerprint density at radius 3 is 2.66 bits per heavy atom. The van der Waals surface area contributed by atoms with E-state index in [1.54, 1.807) is 0 Å². The molecule has 6 heteroatoms. The number of rotatable bonds is 7. The van der Waals surface area contributed by atoms with Crippen molar-refractivity contribution in [3.05, 3.63) is 52.7 Å². The van der Waals surface area contributed by atoms with Gasteiger partial charge in [-0.05, 0) is 65.1 Å². The Hall–Kier alpha value is -2.34. The zero-order valence-corrected chi connectivity index (χ0v) is 18.3. The fourth-order valence-corrected chi connectivity index (χ4v) is 3.71. The first-order valence-electron chi connectivity index (χ1n) is 10.8. The van der Waals surface area contributed by atoms with Crippen LogP contribution >= 0.6 is 0 Å². The smallest absolute Gasteiger partial charge is 0.208 e. The van der Waals surface area contributed by atoms with Crippen LogP contribution in [0.15, 0.2) is 33.7 Å². The molecule has 0 amide bonds. The van der Waals surface area contributed by atoms with Gasteiger partial charge in [0.05, 0.1) is 18.8 Å². The molecule has 0 spiro atoms. The van der Waals surface area contributed by atoms with E-state index in [0.29, 0.717) is 12.5 Å². The van der Waals surface area contributed by atoms with Crippen LogP contribution in [0.2, 0.25) is 0 Å². The van der Waals surface area contributed by atoms with Crippen LogP contribution in [0.3, 0.4) is 0 Å². The minimum absolute atomic E-state index is 0.669. The van der Waals surface area contributed by atoms with Gasteiger partial charge in [-0.3, -0.25) is 4.90 Å². The van der Waals surface area contributed by atoms with E-state index in [-0.39, 0.29) is 0 Å². The Balaban J connectivity index is 1.44. The van der Waals surface area contributed by atoms with Gasteiger partial charge >= 0.3 is 0 Å². The standard InChI is InChI=1S/C23H35N5O/c1-5-24-23(26-15-21-8-6-7-17(2)13-21)25-14-20-9-11-28(12-10-20)16-22-27-18(3)19(4)29-22/h6-8,13,20H,5,9-12,14-16H2,1-4H3,(H2,24,25,26). The molecule has 2 N–H and O–H groups in total. The fraction of sp³-hybridized carbons (Fsp3) is 0.565. The molecule has 0 bridgehead atoms. The van der Waals surface area contributed by atoms with Gasteiger partial charge in [0.15, 0.2) is 5.96 Å². The average Bonchev–Trinajstić information content (AvgIpc) is 3.02. The zero-order valence-electron chi connectivity index (χ0n) is 18.3. The summed E-state index contributed by atoms with van der Waals surface area (Å²) in [5.74, 6) is 3.35. The molecule has 1 aromatic heterocycles. The fourth-order valence-electron chi connectivity index (χ4n) is 3.71. The predicted molar refractivity (Wildman–Crippen MR) is 118 cm³/mol. The minimum Gasteiger partial charge on any atom is -0.444 e. The molecule has 1 aliphatic rings. The molecule has 158 valence electrons. The molecule has 29 heavy (non-hydrogen) atoms. The number of aromatic nitrogens is 1. The Morgan fingerprint density at radius 1 is 1.21 bits per heavy atom. The highest BCUT2D eigenvalue weighted by molar-refractivity contribution is 5.79. The average molecular weight is 398 g/mol. The summed E-state index contributed by atoms with van der Waals surface area (Å²) in [5, 5.41) is 6.90. The second-order valence-electron chi connectivity index (χ2n) is 8.03. The van der Waals surface area contributed by atoms with Crippen molar-refractivity contribution in [1.82, 2.24) is 20.5 Å². The number of aliphatic imine (C=N–C) groups is 1. The third kappa shape index (κ3) is 6.60. The Kier molecular flexibility index (Phi) is 7.69. The number of aryl methyl sites for hydroxylation is 3. The van der Waals surface area contributed by atoms with Gasteiger partial charge in [-0.25, -0.2) is 9.98 Å². The van der Waals surface area contributed by atoms with Crippen LogP contribution in [-0.2, 0) is 13.1 Å². The molecular formula is C23H35N5O. The molecule has 6 nitrogen and oxygen atoms in total. The number of hydrogen-bond donors (Lipinski definition) is 2. The van der Waals surface area contributed by atoms with Crippen LogP contribution in [0.1, 0.15) is 48.2 Å². The molecule has 1 aromatic carbocycles. The molecule has 0 atom stereocenters. The molecule has 2 aromatic rings. The van der Waals surface area contributed by atoms with Crippen molar-refractivity contribution in [2.24, 2.45) is 10.9 Å². The first-order chi connectivity index (χ1) is 14.0. The van der Waals surface area contributed by atoms with Crippen LogP contribution in [0.25, 0.3) is 0 Å². The summed E-state index contributed by atoms with van der Waals surface area (Å²) in [6.45, 7) is 13.7. The lowest BCUT2D eigenvalue weighted by atomic mass is 9.97. The van der Waals surface area contributed by atoms with Gasteiger partial charge in [-0.15, -0.1) is 0 Å². The molecule has 0 saturated carbocycles. The zero-order chi connectivity index (χ0) is 20.6. The quantitative estimate of drug-likeness (QED) is 0.552. The topological polar surface area (TPSA) is 65.7 Å². The Bertz CT molecular complexity index is 786. The summed E-state index contributed by atoms with van der Waals surface area (Å²) in [4.78, 5) is 11.7. The van der Waals surface area contributed by atoms with Crippen molar-refractivity contribution in [3.8, 4) is 0 Å². The van der Waals surface area contributed by atoms with E-state index in [4.69, 9.17) is 9.41 Å². The second kappa shape index (κ2) is 10.4. The van der Waals surface area contributed by atoms with E-state index < -0.39 is 0 Å². The molecule has 1 saturated heterocycles. The maximum atomic E-state index is 5.73. The van der Waals surface area contributed by atoms with Crippen molar-refractivity contribution in [3.63, 3.8) is 0 Å². The highest BCUT2D eigenvalue weighted by atomic mass is 16.4. The highest BCUT2D eigenvalue weighted by Gasteiger charge is 2.21. The lowest BCUT2D eigenvalue weighted by Crippen LogP contribution is -2.42. The van der Waals surface area contributed by atoms with Gasteiger partial charge in [0.25, 0.3) is 0 Å². The maximum Gasteiger partial charge on any atom is 0.208 e. The van der Waals surface area contributed by atoms with Crippen LogP contribution < -0.4 is 10.6 Å². The van der Waals surface area contributed by atoms with Gasteiger partial charge < -0.3 is 15.1 Å². The lowest BCUT2D eigenvalue weighted by Gasteiger charge is -2.31. The Labute approximate surface area is 174 Å². The molecule has 1 fully saturated rings. The first-order valence-corrected chi connectivity index (χ1v) is 10.8. The number of hydrogen-bond acceptors (Lipinski definition) is 4. The number of guanidine groups is 1. The van der Waals surface area contributed by atoms with Crippen molar-refractivity contribution in [2.75, 3.05) is 26.2 Å². The summed E-state index contributed by atoms with van der Waals surface area (Å²) in [6, 6.07) is 8.54. The summed E-state index contributed by atoms with van der Waals surface area (Å²) in [5.41, 5.74) is 3.52. The molecule has 0 unspecified atom stereocenters. The van der Waals surface area contributed by atoms with E-state index in [2.05, 4.69) is 58.6 Å². The van der Waals surface area contributed by atoms with Crippen molar-refractivity contribution < 1.29 is 4.42 Å². The normalized spacial score (nSPS) is 16.2. The molecule has 0 radical (unpaired) electrons. The predicted octanol–water partition coefficient (Wildman–Crippen LogP) is 3.57. The number of piperidine rings is 1. The number of nitrogens with zero attached hydrogens (tertiary/aromatic N) is 3. The van der Waals surface area contributed by atoms with Crippen LogP contribution in [0, 0.1) is 26.7 Å². The molecule has 0 aliphatic carbocycles. The largest absolute Gasteiger partial charge is 0.444 e. The van der Waals surface area contributed by atoms with Crippen LogP contribution in [0.5, 0.6) is 0 Å². The van der Waals surface area contributed by atoms with Crippen molar-refractivity contribution in [2.45, 2.75) is 53.6 Å². The van der Waals surface area contributed by atoms with E-state index in [0.717, 1.165) is 56.0 Å². The number of nitrogens with one attached hydrogen (secondary N) is 2. The molecular weight excluding hydrogens is 362 g/mol. The van der Waals surface area contributed by atoms with Crippen molar-refractivity contribution >= 4 is 5.96 Å². The van der Waals surface area contributed by atoms with Crippen LogP contribution in [0.4, 0.5) is 0 Å². The van der Waals surface area contributed by atoms with E-state index in [9.17, 15) is 0 Å². The van der Waals surface area contributed by atoms with E-state index >= 15 is 0 Å². The third-order valence-corrected chi connectivity index (χ3v) is 5.54. The van der Waals surface area contributed by atoms with Gasteiger partial charge in [0, 0.05) is 13.1 Å². The monoisotopic (exact) mass is 397 g/mol. The summed E-state index contributed by atoms with van der Waals surface area (Å²) < 4.78 is 5.73. The molecule has 1 aliphatic heterocycles. The Morgan fingerprint density at radius 2 is 2.00 bits per heavy atom. The van der Waals surface area contributed by atoms with Gasteiger partial charge in [-0.1, -0.05) is 29.8 Å². The SMILES string of the molecule is CCNC(=NCc1cccc(C)c1)NCC1CCN(Cc2nc(C)c(C)o2)CC1. The van der Waals surface area contributed by atoms with Gasteiger partial charge in [-0.2, -0.15) is 0 Å². The second-order valence-corrected chi connectivity index (χ2v) is 8.03. The summed E-state index contributed by atoms with van der Waals surface area (Å²) in [6.07, 6.45) is 2.37. The van der Waals surface area contributed by atoms with E-state index in [1.165, 1.54) is 24.0 Å². The molecule has 2 heterocycles. The maximum absolute atomic E-state index is 5.73. The molecule has 3 rings (SSSR count).